The normalized spacial score (nSPS) is 15.1. The van der Waals surface area contributed by atoms with Crippen LogP contribution in [0.3, 0.4) is 0 Å². The van der Waals surface area contributed by atoms with Gasteiger partial charge in [0.15, 0.2) is 0 Å². The standard InChI is InChI=1S/C19H23N3O3S/c1-16-7-5-6-10-18(16)26(24,25)20-15-19(23)22-13-11-21(12-14-22)17-8-3-2-4-9-17/h2-10,20H,11-15H2,1H3. The first-order chi connectivity index (χ1) is 12.5. The first-order valence-electron chi connectivity index (χ1n) is 8.60. The molecule has 138 valence electrons. The van der Waals surface area contributed by atoms with Gasteiger partial charge in [0.1, 0.15) is 0 Å². The summed E-state index contributed by atoms with van der Waals surface area (Å²) < 4.78 is 27.2. The number of benzene rings is 2. The lowest BCUT2D eigenvalue weighted by atomic mass is 10.2. The van der Waals surface area contributed by atoms with Crippen LogP contribution in [0.4, 0.5) is 5.69 Å². The molecule has 0 aliphatic carbocycles. The molecule has 1 heterocycles. The molecule has 0 bridgehead atoms. The number of nitrogens with zero attached hydrogens (tertiary/aromatic N) is 2. The molecular weight excluding hydrogens is 350 g/mol. The van der Waals surface area contributed by atoms with Crippen LogP contribution in [-0.4, -0.2) is 51.9 Å². The third kappa shape index (κ3) is 4.23. The van der Waals surface area contributed by atoms with Gasteiger partial charge in [-0.3, -0.25) is 4.79 Å². The lowest BCUT2D eigenvalue weighted by molar-refractivity contribution is -0.130. The Kier molecular flexibility index (Phi) is 5.58. The van der Waals surface area contributed by atoms with E-state index in [1.165, 1.54) is 0 Å². The van der Waals surface area contributed by atoms with E-state index in [0.717, 1.165) is 18.8 Å². The summed E-state index contributed by atoms with van der Waals surface area (Å²) in [5, 5.41) is 0. The Labute approximate surface area is 154 Å². The summed E-state index contributed by atoms with van der Waals surface area (Å²) in [6, 6.07) is 16.8. The quantitative estimate of drug-likeness (QED) is 0.865. The van der Waals surface area contributed by atoms with E-state index < -0.39 is 10.0 Å². The largest absolute Gasteiger partial charge is 0.368 e. The second kappa shape index (κ2) is 7.88. The molecule has 2 aromatic rings. The van der Waals surface area contributed by atoms with Gasteiger partial charge in [-0.1, -0.05) is 36.4 Å². The number of aryl methyl sites for hydroxylation is 1. The maximum atomic E-state index is 12.4. The summed E-state index contributed by atoms with van der Waals surface area (Å²) in [4.78, 5) is 16.5. The molecule has 7 heteroatoms. The molecule has 0 saturated carbocycles. The number of amides is 1. The fraction of sp³-hybridized carbons (Fsp3) is 0.316. The molecule has 1 amide bonds. The second-order valence-corrected chi connectivity index (χ2v) is 8.03. The summed E-state index contributed by atoms with van der Waals surface area (Å²) in [6.45, 7) is 4.15. The molecule has 1 saturated heterocycles. The minimum Gasteiger partial charge on any atom is -0.368 e. The highest BCUT2D eigenvalue weighted by atomic mass is 32.2. The van der Waals surface area contributed by atoms with Gasteiger partial charge in [0.2, 0.25) is 15.9 Å². The van der Waals surface area contributed by atoms with Gasteiger partial charge in [0, 0.05) is 31.9 Å². The zero-order valence-electron chi connectivity index (χ0n) is 14.8. The Hall–Kier alpha value is -2.38. The van der Waals surface area contributed by atoms with Gasteiger partial charge in [-0.15, -0.1) is 0 Å². The minimum absolute atomic E-state index is 0.199. The number of rotatable bonds is 5. The molecule has 0 radical (unpaired) electrons. The maximum Gasteiger partial charge on any atom is 0.241 e. The number of anilines is 1. The average molecular weight is 373 g/mol. The molecule has 6 nitrogen and oxygen atoms in total. The summed E-state index contributed by atoms with van der Waals surface area (Å²) >= 11 is 0. The number of sulfonamides is 1. The Morgan fingerprint density at radius 3 is 2.23 bits per heavy atom. The van der Waals surface area contributed by atoms with E-state index in [1.54, 1.807) is 36.1 Å². The van der Waals surface area contributed by atoms with Crippen molar-refractivity contribution in [3.63, 3.8) is 0 Å². The molecular formula is C19H23N3O3S. The summed E-state index contributed by atoms with van der Waals surface area (Å²) in [5.74, 6) is -0.199. The summed E-state index contributed by atoms with van der Waals surface area (Å²) in [7, 11) is -3.69. The van der Waals surface area contributed by atoms with Crippen molar-refractivity contribution in [3.05, 3.63) is 60.2 Å². The molecule has 3 rings (SSSR count). The van der Waals surface area contributed by atoms with Crippen molar-refractivity contribution in [2.75, 3.05) is 37.6 Å². The van der Waals surface area contributed by atoms with Crippen molar-refractivity contribution < 1.29 is 13.2 Å². The SMILES string of the molecule is Cc1ccccc1S(=O)(=O)NCC(=O)N1CCN(c2ccccc2)CC1. The first-order valence-corrected chi connectivity index (χ1v) is 10.1. The molecule has 2 aromatic carbocycles. The summed E-state index contributed by atoms with van der Waals surface area (Å²) in [5.41, 5.74) is 1.80. The minimum atomic E-state index is -3.69. The average Bonchev–Trinajstić information content (AvgIpc) is 2.67. The van der Waals surface area contributed by atoms with Gasteiger partial charge in [-0.05, 0) is 30.7 Å². The molecule has 0 aromatic heterocycles. The van der Waals surface area contributed by atoms with Crippen LogP contribution in [0.2, 0.25) is 0 Å². The van der Waals surface area contributed by atoms with Crippen molar-refractivity contribution >= 4 is 21.6 Å². The van der Waals surface area contributed by atoms with Crippen LogP contribution in [0.25, 0.3) is 0 Å². The third-order valence-electron chi connectivity index (χ3n) is 4.55. The van der Waals surface area contributed by atoms with E-state index in [2.05, 4.69) is 9.62 Å². The predicted molar refractivity (Wildman–Crippen MR) is 102 cm³/mol. The molecule has 1 aliphatic heterocycles. The topological polar surface area (TPSA) is 69.7 Å². The van der Waals surface area contributed by atoms with Gasteiger partial charge in [-0.2, -0.15) is 0 Å². The number of carbonyl (C=O) groups excluding carboxylic acids is 1. The number of nitrogens with one attached hydrogen (secondary N) is 1. The molecule has 0 atom stereocenters. The third-order valence-corrected chi connectivity index (χ3v) is 6.11. The van der Waals surface area contributed by atoms with Crippen molar-refractivity contribution in [2.45, 2.75) is 11.8 Å². The number of carbonyl (C=O) groups is 1. The number of hydrogen-bond donors (Lipinski definition) is 1. The second-order valence-electron chi connectivity index (χ2n) is 6.29. The van der Waals surface area contributed by atoms with E-state index in [1.807, 2.05) is 30.3 Å². The molecule has 1 fully saturated rings. The van der Waals surface area contributed by atoms with Crippen LogP contribution in [-0.2, 0) is 14.8 Å². The van der Waals surface area contributed by atoms with Crippen molar-refractivity contribution in [1.29, 1.82) is 0 Å². The highest BCUT2D eigenvalue weighted by molar-refractivity contribution is 7.89. The van der Waals surface area contributed by atoms with Crippen LogP contribution >= 0.6 is 0 Å². The summed E-state index contributed by atoms with van der Waals surface area (Å²) in [6.07, 6.45) is 0. The fourth-order valence-corrected chi connectivity index (χ4v) is 4.28. The van der Waals surface area contributed by atoms with Crippen LogP contribution in [0.5, 0.6) is 0 Å². The lowest BCUT2D eigenvalue weighted by Crippen LogP contribution is -2.51. The van der Waals surface area contributed by atoms with Crippen LogP contribution < -0.4 is 9.62 Å². The Morgan fingerprint density at radius 2 is 1.58 bits per heavy atom. The number of piperazine rings is 1. The van der Waals surface area contributed by atoms with E-state index in [-0.39, 0.29) is 17.3 Å². The van der Waals surface area contributed by atoms with E-state index >= 15 is 0 Å². The van der Waals surface area contributed by atoms with E-state index in [9.17, 15) is 13.2 Å². The Bertz CT molecular complexity index is 861. The zero-order valence-corrected chi connectivity index (χ0v) is 15.6. The lowest BCUT2D eigenvalue weighted by Gasteiger charge is -2.36. The smallest absolute Gasteiger partial charge is 0.241 e. The van der Waals surface area contributed by atoms with Crippen LogP contribution in [0.1, 0.15) is 5.56 Å². The highest BCUT2D eigenvalue weighted by Gasteiger charge is 2.23. The van der Waals surface area contributed by atoms with Crippen molar-refractivity contribution in [1.82, 2.24) is 9.62 Å². The van der Waals surface area contributed by atoms with Gasteiger partial charge in [-0.25, -0.2) is 13.1 Å². The molecule has 0 unspecified atom stereocenters. The van der Waals surface area contributed by atoms with Gasteiger partial charge in [0.25, 0.3) is 0 Å². The van der Waals surface area contributed by atoms with Crippen molar-refractivity contribution in [3.8, 4) is 0 Å². The molecule has 1 aliphatic rings. The van der Waals surface area contributed by atoms with Gasteiger partial charge in [0.05, 0.1) is 11.4 Å². The Balaban J connectivity index is 1.54. The monoisotopic (exact) mass is 373 g/mol. The van der Waals surface area contributed by atoms with Crippen LogP contribution in [0, 0.1) is 6.92 Å². The first kappa shape index (κ1) is 18.4. The fourth-order valence-electron chi connectivity index (χ4n) is 3.06. The zero-order chi connectivity index (χ0) is 18.6. The number of hydrogen-bond acceptors (Lipinski definition) is 4. The van der Waals surface area contributed by atoms with Crippen LogP contribution in [0.15, 0.2) is 59.5 Å². The van der Waals surface area contributed by atoms with Crippen molar-refractivity contribution in [2.24, 2.45) is 0 Å². The van der Waals surface area contributed by atoms with Gasteiger partial charge < -0.3 is 9.80 Å². The van der Waals surface area contributed by atoms with E-state index in [0.29, 0.717) is 18.7 Å². The maximum absolute atomic E-state index is 12.4. The Morgan fingerprint density at radius 1 is 0.962 bits per heavy atom. The number of para-hydroxylation sites is 1. The van der Waals surface area contributed by atoms with Gasteiger partial charge >= 0.3 is 0 Å². The van der Waals surface area contributed by atoms with E-state index in [4.69, 9.17) is 0 Å². The molecule has 1 N–H and O–H groups in total. The molecule has 0 spiro atoms. The molecule has 26 heavy (non-hydrogen) atoms. The predicted octanol–water partition coefficient (Wildman–Crippen LogP) is 1.62. The highest BCUT2D eigenvalue weighted by Crippen LogP contribution is 2.16.